The van der Waals surface area contributed by atoms with Crippen LogP contribution in [-0.4, -0.2) is 75.0 Å². The first-order chi connectivity index (χ1) is 20.2. The minimum absolute atomic E-state index is 0.0583. The second kappa shape index (κ2) is 13.0. The van der Waals surface area contributed by atoms with Gasteiger partial charge in [0.05, 0.1) is 35.2 Å². The van der Waals surface area contributed by atoms with Crippen LogP contribution >= 0.6 is 11.3 Å². The van der Waals surface area contributed by atoms with Crippen molar-refractivity contribution >= 4 is 35.0 Å². The van der Waals surface area contributed by atoms with E-state index in [0.29, 0.717) is 11.3 Å². The largest absolute Gasteiger partial charge is 0.493 e. The summed E-state index contributed by atoms with van der Waals surface area (Å²) in [5, 5.41) is 24.5. The molecule has 11 nitrogen and oxygen atoms in total. The fourth-order valence-corrected chi connectivity index (χ4v) is 5.94. The molecule has 13 heteroatoms. The number of carbonyl (C=O) groups is 4. The van der Waals surface area contributed by atoms with E-state index in [1.54, 1.807) is 38.4 Å². The molecule has 1 aromatic carbocycles. The van der Waals surface area contributed by atoms with Crippen LogP contribution in [0.3, 0.4) is 0 Å². The molecule has 3 amide bonds. The number of ether oxygens (including phenoxy) is 1. The van der Waals surface area contributed by atoms with Gasteiger partial charge in [-0.1, -0.05) is 32.9 Å². The SMILES string of the molecule is Cc1ncsc1-c1ccc(CC(=O)N[C@@H]2C[C@@H](O)CN2C(=O)[C@H](C(=O)NC2(F)CC2)C(C)(C)C)c(OCCCC(=O)O)c1. The van der Waals surface area contributed by atoms with E-state index in [1.807, 2.05) is 13.0 Å². The van der Waals surface area contributed by atoms with Gasteiger partial charge in [0.25, 0.3) is 0 Å². The summed E-state index contributed by atoms with van der Waals surface area (Å²) in [4.78, 5) is 57.4. The van der Waals surface area contributed by atoms with Crippen molar-refractivity contribution in [1.29, 1.82) is 0 Å². The van der Waals surface area contributed by atoms with E-state index in [-0.39, 0.29) is 51.7 Å². The predicted molar refractivity (Wildman–Crippen MR) is 157 cm³/mol. The van der Waals surface area contributed by atoms with Gasteiger partial charge < -0.3 is 30.5 Å². The highest BCUT2D eigenvalue weighted by atomic mass is 32.1. The van der Waals surface area contributed by atoms with Gasteiger partial charge in [0.15, 0.2) is 5.79 Å². The highest BCUT2D eigenvalue weighted by Gasteiger charge is 2.50. The summed E-state index contributed by atoms with van der Waals surface area (Å²) in [7, 11) is 0. The molecule has 4 N–H and O–H groups in total. The minimum atomic E-state index is -1.79. The molecule has 1 aromatic heterocycles. The first-order valence-corrected chi connectivity index (χ1v) is 15.2. The molecule has 1 saturated heterocycles. The monoisotopic (exact) mass is 618 g/mol. The molecule has 0 radical (unpaired) electrons. The van der Waals surface area contributed by atoms with Crippen LogP contribution < -0.4 is 15.4 Å². The number of carbonyl (C=O) groups excluding carboxylic acids is 3. The maximum atomic E-state index is 14.4. The van der Waals surface area contributed by atoms with Crippen LogP contribution in [0.2, 0.25) is 0 Å². The van der Waals surface area contributed by atoms with Crippen molar-refractivity contribution in [3.63, 3.8) is 0 Å². The molecular formula is C30H39FN4O7S. The molecule has 0 unspecified atom stereocenters. The number of nitrogens with one attached hydrogen (secondary N) is 2. The maximum Gasteiger partial charge on any atom is 0.303 e. The number of aliphatic hydroxyl groups is 1. The Morgan fingerprint density at radius 2 is 1.98 bits per heavy atom. The molecule has 1 aliphatic carbocycles. The summed E-state index contributed by atoms with van der Waals surface area (Å²) < 4.78 is 20.3. The van der Waals surface area contributed by atoms with Crippen molar-refractivity contribution in [3.05, 3.63) is 35.0 Å². The number of hydrogen-bond acceptors (Lipinski definition) is 8. The van der Waals surface area contributed by atoms with E-state index in [4.69, 9.17) is 9.84 Å². The van der Waals surface area contributed by atoms with Gasteiger partial charge in [-0.05, 0) is 30.4 Å². The topological polar surface area (TPSA) is 158 Å². The number of halogens is 1. The number of aliphatic hydroxyl groups excluding tert-OH is 1. The molecule has 2 aromatic rings. The number of rotatable bonds is 12. The van der Waals surface area contributed by atoms with Gasteiger partial charge >= 0.3 is 5.97 Å². The zero-order chi connectivity index (χ0) is 31.5. The molecule has 2 fully saturated rings. The summed E-state index contributed by atoms with van der Waals surface area (Å²) in [5.74, 6) is -5.27. The molecule has 0 bridgehead atoms. The smallest absolute Gasteiger partial charge is 0.303 e. The van der Waals surface area contributed by atoms with Crippen LogP contribution in [0, 0.1) is 18.3 Å². The van der Waals surface area contributed by atoms with Crippen molar-refractivity contribution in [2.24, 2.45) is 11.3 Å². The lowest BCUT2D eigenvalue weighted by Gasteiger charge is -2.34. The van der Waals surface area contributed by atoms with Gasteiger partial charge in [-0.15, -0.1) is 11.3 Å². The molecule has 0 spiro atoms. The molecule has 3 atom stereocenters. The highest BCUT2D eigenvalue weighted by Crippen LogP contribution is 2.39. The fraction of sp³-hybridized carbons (Fsp3) is 0.567. The number of aryl methyl sites for hydroxylation is 1. The average molecular weight is 619 g/mol. The van der Waals surface area contributed by atoms with Gasteiger partial charge in [0.2, 0.25) is 17.7 Å². The quantitative estimate of drug-likeness (QED) is 0.160. The number of nitrogens with zero attached hydrogens (tertiary/aromatic N) is 2. The normalized spacial score (nSPS) is 19.9. The highest BCUT2D eigenvalue weighted by molar-refractivity contribution is 7.13. The van der Waals surface area contributed by atoms with Crippen molar-refractivity contribution in [2.45, 2.75) is 84.3 Å². The van der Waals surface area contributed by atoms with Gasteiger partial charge in [-0.2, -0.15) is 0 Å². The number of thiazole rings is 1. The summed E-state index contributed by atoms with van der Waals surface area (Å²) in [6.45, 7) is 7.08. The van der Waals surface area contributed by atoms with Crippen LogP contribution in [0.25, 0.3) is 10.4 Å². The third kappa shape index (κ3) is 8.29. The molecule has 1 saturated carbocycles. The number of alkyl halides is 1. The van der Waals surface area contributed by atoms with E-state index in [9.17, 15) is 28.7 Å². The number of benzene rings is 1. The second-order valence-electron chi connectivity index (χ2n) is 12.3. The Hall–Kier alpha value is -3.58. The summed E-state index contributed by atoms with van der Waals surface area (Å²) >= 11 is 1.47. The van der Waals surface area contributed by atoms with Crippen molar-refractivity contribution in [3.8, 4) is 16.2 Å². The molecule has 2 heterocycles. The number of aromatic nitrogens is 1. The summed E-state index contributed by atoms with van der Waals surface area (Å²) in [6, 6.07) is 5.41. The fourth-order valence-electron chi connectivity index (χ4n) is 5.13. The zero-order valence-electron chi connectivity index (χ0n) is 24.8. The van der Waals surface area contributed by atoms with Gasteiger partial charge in [-0.25, -0.2) is 9.37 Å². The minimum Gasteiger partial charge on any atom is -0.493 e. The van der Waals surface area contributed by atoms with E-state index < -0.39 is 53.1 Å². The van der Waals surface area contributed by atoms with Crippen molar-refractivity contribution in [1.82, 2.24) is 20.5 Å². The molecule has 234 valence electrons. The molecule has 2 aliphatic rings. The van der Waals surface area contributed by atoms with Crippen LogP contribution in [0.5, 0.6) is 5.75 Å². The summed E-state index contributed by atoms with van der Waals surface area (Å²) in [5.41, 5.74) is 3.14. The van der Waals surface area contributed by atoms with E-state index in [1.165, 1.54) is 16.2 Å². The lowest BCUT2D eigenvalue weighted by atomic mass is 9.79. The predicted octanol–water partition coefficient (Wildman–Crippen LogP) is 3.18. The van der Waals surface area contributed by atoms with Crippen molar-refractivity contribution < 1.29 is 38.5 Å². The number of likely N-dealkylation sites (tertiary alicyclic amines) is 1. The van der Waals surface area contributed by atoms with Crippen LogP contribution in [0.4, 0.5) is 4.39 Å². The summed E-state index contributed by atoms with van der Waals surface area (Å²) in [6.07, 6.45) is -1.20. The lowest BCUT2D eigenvalue weighted by molar-refractivity contribution is -0.149. The van der Waals surface area contributed by atoms with Crippen LogP contribution in [0.1, 0.15) is 64.1 Å². The van der Waals surface area contributed by atoms with Gasteiger partial charge in [-0.3, -0.25) is 19.2 Å². The first-order valence-electron chi connectivity index (χ1n) is 14.3. The third-order valence-electron chi connectivity index (χ3n) is 7.52. The first kappa shape index (κ1) is 32.3. The number of carboxylic acid groups (broad SMARTS) is 1. The van der Waals surface area contributed by atoms with Gasteiger partial charge in [0.1, 0.15) is 17.8 Å². The Kier molecular flexibility index (Phi) is 9.75. The number of β-amino-alcohol motifs (C(OH)–C–C–N with tert-alkyl or cyclic N) is 1. The Morgan fingerprint density at radius 1 is 1.26 bits per heavy atom. The molecule has 1 aliphatic heterocycles. The number of carboxylic acids is 1. The third-order valence-corrected chi connectivity index (χ3v) is 8.50. The van der Waals surface area contributed by atoms with Crippen LogP contribution in [-0.2, 0) is 25.6 Å². The molecular weight excluding hydrogens is 579 g/mol. The van der Waals surface area contributed by atoms with Gasteiger partial charge in [0, 0.05) is 37.8 Å². The van der Waals surface area contributed by atoms with Crippen LogP contribution in [0.15, 0.2) is 23.7 Å². The van der Waals surface area contributed by atoms with Crippen molar-refractivity contribution in [2.75, 3.05) is 13.2 Å². The van der Waals surface area contributed by atoms with E-state index >= 15 is 0 Å². The zero-order valence-corrected chi connectivity index (χ0v) is 25.6. The van der Waals surface area contributed by atoms with E-state index in [0.717, 1.165) is 16.1 Å². The number of aliphatic carboxylic acids is 1. The lowest BCUT2D eigenvalue weighted by Crippen LogP contribution is -2.55. The molecule has 4 rings (SSSR count). The Labute approximate surface area is 253 Å². The standard InChI is InChI=1S/C30H39FN4O7S/c1-17-26(43-16-32-17)19-8-7-18(21(12-19)42-11-5-6-24(38)39)13-23(37)33-22-14-20(36)15-35(22)28(41)25(29(2,3)4)27(40)34-30(31)9-10-30/h7-8,12,16,20,22,25,36H,5-6,9-11,13-15H2,1-4H3,(H,33,37)(H,34,40)(H,38,39)/t20-,22+,25+/m1/s1. The second-order valence-corrected chi connectivity index (χ2v) is 13.2. The Balaban J connectivity index is 1.49. The van der Waals surface area contributed by atoms with E-state index in [2.05, 4.69) is 15.6 Å². The average Bonchev–Trinajstić information content (AvgIpc) is 3.27. The number of hydrogen-bond donors (Lipinski definition) is 4. The molecule has 43 heavy (non-hydrogen) atoms. The Bertz CT molecular complexity index is 1370. The Morgan fingerprint density at radius 3 is 2.58 bits per heavy atom. The maximum absolute atomic E-state index is 14.4. The number of amides is 3.